The molecule has 1 aromatic heterocycles. The number of phenolic OH excluding ortho intramolecular Hbond substituents is 1. The SMILES string of the molecule is N=Nc1c2ccccc2c(O)c2n[se]nc12. The number of aromatic nitrogens is 2. The van der Waals surface area contributed by atoms with E-state index in [0.29, 0.717) is 22.1 Å². The molecule has 2 aromatic carbocycles. The topological polar surface area (TPSA) is 82.2 Å². The van der Waals surface area contributed by atoms with Gasteiger partial charge in [-0.25, -0.2) is 0 Å². The minimum absolute atomic E-state index is 0.140. The van der Waals surface area contributed by atoms with Gasteiger partial charge < -0.3 is 0 Å². The zero-order valence-corrected chi connectivity index (χ0v) is 9.72. The molecule has 0 saturated heterocycles. The Kier molecular flexibility index (Phi) is 1.99. The Bertz CT molecular complexity index is 706. The van der Waals surface area contributed by atoms with E-state index in [9.17, 15) is 5.11 Å². The van der Waals surface area contributed by atoms with Crippen molar-refractivity contribution in [3.8, 4) is 5.75 Å². The first kappa shape index (κ1) is 9.45. The average Bonchev–Trinajstić information content (AvgIpc) is 2.79. The van der Waals surface area contributed by atoms with Crippen LogP contribution in [0.4, 0.5) is 5.69 Å². The number of nitrogens with zero attached hydrogens (tertiary/aromatic N) is 3. The molecule has 78 valence electrons. The monoisotopic (exact) mass is 278 g/mol. The van der Waals surface area contributed by atoms with Crippen molar-refractivity contribution in [1.29, 1.82) is 5.53 Å². The second kappa shape index (κ2) is 3.37. The van der Waals surface area contributed by atoms with Gasteiger partial charge in [-0.1, -0.05) is 0 Å². The van der Waals surface area contributed by atoms with Crippen LogP contribution in [0.1, 0.15) is 0 Å². The Labute approximate surface area is 96.5 Å². The predicted octanol–water partition coefficient (Wildman–Crippen LogP) is 2.21. The summed E-state index contributed by atoms with van der Waals surface area (Å²) in [5.74, 6) is 0.140. The van der Waals surface area contributed by atoms with Crippen LogP contribution in [0, 0.1) is 5.53 Å². The van der Waals surface area contributed by atoms with Crippen molar-refractivity contribution in [2.24, 2.45) is 5.11 Å². The van der Waals surface area contributed by atoms with E-state index in [0.717, 1.165) is 5.39 Å². The molecule has 0 fully saturated rings. The Balaban J connectivity index is 2.69. The van der Waals surface area contributed by atoms with Crippen molar-refractivity contribution in [1.82, 2.24) is 7.96 Å². The van der Waals surface area contributed by atoms with Crippen molar-refractivity contribution < 1.29 is 5.11 Å². The molecule has 5 nitrogen and oxygen atoms in total. The van der Waals surface area contributed by atoms with E-state index in [4.69, 9.17) is 5.53 Å². The second-order valence-electron chi connectivity index (χ2n) is 3.32. The normalized spacial score (nSPS) is 11.0. The van der Waals surface area contributed by atoms with E-state index in [-0.39, 0.29) is 20.7 Å². The van der Waals surface area contributed by atoms with E-state index in [1.807, 2.05) is 18.2 Å². The van der Waals surface area contributed by atoms with E-state index >= 15 is 0 Å². The molecule has 0 aliphatic heterocycles. The molecule has 16 heavy (non-hydrogen) atoms. The van der Waals surface area contributed by atoms with Gasteiger partial charge in [-0.15, -0.1) is 0 Å². The maximum atomic E-state index is 10.0. The van der Waals surface area contributed by atoms with Crippen LogP contribution in [0.15, 0.2) is 29.4 Å². The van der Waals surface area contributed by atoms with Crippen LogP contribution in [0.25, 0.3) is 21.8 Å². The predicted molar refractivity (Wildman–Crippen MR) is 60.5 cm³/mol. The average molecular weight is 277 g/mol. The summed E-state index contributed by atoms with van der Waals surface area (Å²) in [4.78, 5) is 0. The quantitative estimate of drug-likeness (QED) is 0.528. The van der Waals surface area contributed by atoms with Crippen LogP contribution >= 0.6 is 0 Å². The van der Waals surface area contributed by atoms with Gasteiger partial charge in [0.1, 0.15) is 0 Å². The molecule has 3 aromatic rings. The van der Waals surface area contributed by atoms with Gasteiger partial charge >= 0.3 is 96.2 Å². The van der Waals surface area contributed by atoms with Crippen molar-refractivity contribution in [3.05, 3.63) is 24.3 Å². The van der Waals surface area contributed by atoms with E-state index in [2.05, 4.69) is 13.1 Å². The van der Waals surface area contributed by atoms with Crippen molar-refractivity contribution >= 4 is 42.5 Å². The van der Waals surface area contributed by atoms with Crippen LogP contribution in [0.2, 0.25) is 0 Å². The molecule has 0 aliphatic rings. The Morgan fingerprint density at radius 2 is 1.81 bits per heavy atom. The summed E-state index contributed by atoms with van der Waals surface area (Å²) >= 11 is -0.239. The van der Waals surface area contributed by atoms with Gasteiger partial charge in [0.05, 0.1) is 0 Å². The number of rotatable bonds is 1. The van der Waals surface area contributed by atoms with Gasteiger partial charge in [-0.3, -0.25) is 0 Å². The molecule has 1 heterocycles. The summed E-state index contributed by atoms with van der Waals surface area (Å²) in [5.41, 5.74) is 8.73. The fourth-order valence-corrected chi connectivity index (χ4v) is 2.92. The maximum absolute atomic E-state index is 10.0. The van der Waals surface area contributed by atoms with Gasteiger partial charge in [0.2, 0.25) is 0 Å². The third-order valence-electron chi connectivity index (χ3n) is 2.49. The standard InChI is InChI=1S/C10H6N4OSe/c11-12-7-5-3-1-2-4-6(5)10(15)9-8(7)13-16-14-9/h1-4,11,15H. The minimum atomic E-state index is -0.239. The first-order valence-corrected chi connectivity index (χ1v) is 6.09. The van der Waals surface area contributed by atoms with Crippen LogP contribution in [-0.4, -0.2) is 28.0 Å². The van der Waals surface area contributed by atoms with Crippen LogP contribution < -0.4 is 0 Å². The molecule has 0 spiro atoms. The molecule has 0 amide bonds. The van der Waals surface area contributed by atoms with Crippen molar-refractivity contribution in [2.75, 3.05) is 0 Å². The van der Waals surface area contributed by atoms with E-state index < -0.39 is 0 Å². The molecule has 0 saturated carbocycles. The molecule has 6 heteroatoms. The molecule has 0 bridgehead atoms. The molecule has 0 aliphatic carbocycles. The Morgan fingerprint density at radius 3 is 2.56 bits per heavy atom. The third-order valence-corrected chi connectivity index (χ3v) is 3.59. The number of hydrogen-bond donors (Lipinski definition) is 2. The van der Waals surface area contributed by atoms with Crippen LogP contribution in [0.5, 0.6) is 5.75 Å². The van der Waals surface area contributed by atoms with Gasteiger partial charge in [-0.2, -0.15) is 0 Å². The summed E-state index contributed by atoms with van der Waals surface area (Å²) in [5, 5.41) is 15.0. The zero-order chi connectivity index (χ0) is 11.1. The number of nitrogens with one attached hydrogen (secondary N) is 1. The van der Waals surface area contributed by atoms with Crippen LogP contribution in [-0.2, 0) is 0 Å². The summed E-state index contributed by atoms with van der Waals surface area (Å²) in [6.45, 7) is 0. The number of phenols is 1. The first-order valence-electron chi connectivity index (χ1n) is 4.56. The van der Waals surface area contributed by atoms with Gasteiger partial charge in [0.25, 0.3) is 0 Å². The Hall–Kier alpha value is -1.78. The summed E-state index contributed by atoms with van der Waals surface area (Å²) < 4.78 is 8.36. The summed E-state index contributed by atoms with van der Waals surface area (Å²) in [6.07, 6.45) is 0. The van der Waals surface area contributed by atoms with Gasteiger partial charge in [0.15, 0.2) is 0 Å². The fourth-order valence-electron chi connectivity index (χ4n) is 1.76. The molecule has 3 rings (SSSR count). The number of fused-ring (bicyclic) bond motifs is 2. The zero-order valence-electron chi connectivity index (χ0n) is 8.01. The number of hydrogen-bond acceptors (Lipinski definition) is 5. The molecule has 0 unspecified atom stereocenters. The molecule has 0 atom stereocenters. The summed E-state index contributed by atoms with van der Waals surface area (Å²) in [7, 11) is 0. The van der Waals surface area contributed by atoms with Crippen molar-refractivity contribution in [3.63, 3.8) is 0 Å². The van der Waals surface area contributed by atoms with Gasteiger partial charge in [0, 0.05) is 0 Å². The number of benzene rings is 2. The van der Waals surface area contributed by atoms with Crippen LogP contribution in [0.3, 0.4) is 0 Å². The second-order valence-corrected chi connectivity index (χ2v) is 4.42. The number of aromatic hydroxyl groups is 1. The van der Waals surface area contributed by atoms with E-state index in [1.54, 1.807) is 6.07 Å². The van der Waals surface area contributed by atoms with Gasteiger partial charge in [-0.05, 0) is 0 Å². The molecule has 0 radical (unpaired) electrons. The summed E-state index contributed by atoms with van der Waals surface area (Å²) in [6, 6.07) is 7.30. The molecular formula is C10H6N4OSe. The van der Waals surface area contributed by atoms with E-state index in [1.165, 1.54) is 0 Å². The Morgan fingerprint density at radius 1 is 1.12 bits per heavy atom. The fraction of sp³-hybridized carbons (Fsp3) is 0. The first-order chi connectivity index (χ1) is 7.83. The molecule has 2 N–H and O–H groups in total. The third kappa shape index (κ3) is 1.11. The molecular weight excluding hydrogens is 271 g/mol. The van der Waals surface area contributed by atoms with Crippen molar-refractivity contribution in [2.45, 2.75) is 0 Å².